The lowest BCUT2D eigenvalue weighted by Crippen LogP contribution is -2.50. The molecule has 7 rings (SSSR count). The fraction of sp³-hybridized carbons (Fsp3) is 0.300. The van der Waals surface area contributed by atoms with Gasteiger partial charge in [0.2, 0.25) is 5.91 Å². The number of likely N-dealkylation sites (tertiary alicyclic amines) is 1. The Morgan fingerprint density at radius 1 is 1.02 bits per heavy atom. The molecule has 3 aromatic heterocycles. The lowest BCUT2D eigenvalue weighted by atomic mass is 9.91. The number of fused-ring (bicyclic) bond motifs is 1. The van der Waals surface area contributed by atoms with Crippen LogP contribution in [0.25, 0.3) is 22.4 Å². The topological polar surface area (TPSA) is 123 Å². The van der Waals surface area contributed by atoms with Crippen molar-refractivity contribution in [2.45, 2.75) is 37.8 Å². The number of aromatic nitrogens is 6. The molecule has 0 spiro atoms. The molecule has 214 valence electrons. The molecule has 1 aliphatic heterocycles. The Hall–Kier alpha value is -4.84. The normalized spacial score (nSPS) is 16.6. The van der Waals surface area contributed by atoms with Gasteiger partial charge in [-0.1, -0.05) is 0 Å². The summed E-state index contributed by atoms with van der Waals surface area (Å²) in [4.78, 5) is 32.0. The van der Waals surface area contributed by atoms with Crippen LogP contribution in [0.4, 0.5) is 15.9 Å². The van der Waals surface area contributed by atoms with Crippen LogP contribution in [-0.2, 0) is 11.3 Å². The van der Waals surface area contributed by atoms with Crippen LogP contribution in [0.2, 0.25) is 0 Å². The van der Waals surface area contributed by atoms with E-state index in [4.69, 9.17) is 0 Å². The van der Waals surface area contributed by atoms with Crippen molar-refractivity contribution in [2.24, 2.45) is 5.92 Å². The van der Waals surface area contributed by atoms with Gasteiger partial charge in [0, 0.05) is 37.0 Å². The molecule has 0 bridgehead atoms. The Morgan fingerprint density at radius 3 is 2.45 bits per heavy atom. The van der Waals surface area contributed by atoms with E-state index < -0.39 is 5.60 Å². The van der Waals surface area contributed by atoms with E-state index in [2.05, 4.69) is 20.5 Å². The Labute approximate surface area is 239 Å². The van der Waals surface area contributed by atoms with Crippen molar-refractivity contribution in [3.8, 4) is 11.4 Å². The van der Waals surface area contributed by atoms with Crippen LogP contribution in [0.1, 0.15) is 25.7 Å². The number of nitrogens with zero attached hydrogens (tertiary/aromatic N) is 7. The Balaban J connectivity index is 1.04. The van der Waals surface area contributed by atoms with Crippen LogP contribution in [0.5, 0.6) is 0 Å². The molecule has 5 aromatic rings. The van der Waals surface area contributed by atoms with E-state index in [9.17, 15) is 19.1 Å². The highest BCUT2D eigenvalue weighted by Crippen LogP contribution is 2.33. The molecule has 0 radical (unpaired) electrons. The van der Waals surface area contributed by atoms with Crippen LogP contribution in [-0.4, -0.2) is 63.7 Å². The number of aliphatic hydroxyl groups is 1. The average Bonchev–Trinajstić information content (AvgIpc) is 3.59. The zero-order valence-corrected chi connectivity index (χ0v) is 22.7. The van der Waals surface area contributed by atoms with Gasteiger partial charge in [0.1, 0.15) is 17.5 Å². The molecule has 2 aliphatic rings. The van der Waals surface area contributed by atoms with Crippen molar-refractivity contribution < 1.29 is 14.3 Å². The van der Waals surface area contributed by atoms with E-state index in [0.717, 1.165) is 29.9 Å². The summed E-state index contributed by atoms with van der Waals surface area (Å²) in [5.41, 5.74) is 1.35. The van der Waals surface area contributed by atoms with Gasteiger partial charge < -0.3 is 15.3 Å². The first-order valence-corrected chi connectivity index (χ1v) is 14.0. The standard InChI is InChI=1S/C30H29FN8O3/c31-21-3-7-23(8-4-21)38-14-11-26(35-38)34-22-5-9-24(10-6-22)39-27-25(17-33-39)29(41)37(19-32-27)18-30(42)12-15-36(16-13-30)28(40)20-1-2-20/h3-11,14,17,19-20,42H,1-2,12-13,15-16,18H2,(H,34,35). The molecule has 11 nitrogen and oxygen atoms in total. The van der Waals surface area contributed by atoms with Crippen molar-refractivity contribution in [1.29, 1.82) is 0 Å². The van der Waals surface area contributed by atoms with Gasteiger partial charge in [0.25, 0.3) is 5.56 Å². The Bertz CT molecular complexity index is 1810. The molecule has 4 heterocycles. The molecule has 2 N–H and O–H groups in total. The summed E-state index contributed by atoms with van der Waals surface area (Å²) in [5, 5.41) is 23.7. The third kappa shape index (κ3) is 5.05. The maximum atomic E-state index is 13.3. The fourth-order valence-corrected chi connectivity index (χ4v) is 5.42. The first kappa shape index (κ1) is 26.1. The van der Waals surface area contributed by atoms with Gasteiger partial charge in [-0.2, -0.15) is 10.2 Å². The van der Waals surface area contributed by atoms with Gasteiger partial charge in [-0.3, -0.25) is 14.2 Å². The van der Waals surface area contributed by atoms with Crippen molar-refractivity contribution in [2.75, 3.05) is 18.4 Å². The largest absolute Gasteiger partial charge is 0.388 e. The summed E-state index contributed by atoms with van der Waals surface area (Å²) in [5.74, 6) is 0.670. The molecule has 1 saturated carbocycles. The number of halogens is 1. The highest BCUT2D eigenvalue weighted by molar-refractivity contribution is 5.81. The van der Waals surface area contributed by atoms with E-state index in [0.29, 0.717) is 42.8 Å². The molecular weight excluding hydrogens is 539 g/mol. The predicted octanol–water partition coefficient (Wildman–Crippen LogP) is 3.41. The molecular formula is C30H29FN8O3. The van der Waals surface area contributed by atoms with Crippen molar-refractivity contribution in [1.82, 2.24) is 34.0 Å². The molecule has 1 saturated heterocycles. The van der Waals surface area contributed by atoms with Gasteiger partial charge in [0.15, 0.2) is 11.5 Å². The highest BCUT2D eigenvalue weighted by Gasteiger charge is 2.39. The molecule has 42 heavy (non-hydrogen) atoms. The quantitative estimate of drug-likeness (QED) is 0.309. The van der Waals surface area contributed by atoms with Crippen molar-refractivity contribution in [3.05, 3.63) is 89.5 Å². The second-order valence-corrected chi connectivity index (χ2v) is 11.1. The molecule has 1 amide bonds. The second kappa shape index (κ2) is 10.2. The van der Waals surface area contributed by atoms with Gasteiger partial charge in [-0.25, -0.2) is 18.7 Å². The number of anilines is 2. The lowest BCUT2D eigenvalue weighted by molar-refractivity contribution is -0.137. The lowest BCUT2D eigenvalue weighted by Gasteiger charge is -2.38. The van der Waals surface area contributed by atoms with Gasteiger partial charge in [0.05, 0.1) is 29.7 Å². The summed E-state index contributed by atoms with van der Waals surface area (Å²) in [6, 6.07) is 15.4. The summed E-state index contributed by atoms with van der Waals surface area (Å²) >= 11 is 0. The van der Waals surface area contributed by atoms with Gasteiger partial charge in [-0.05, 0) is 74.2 Å². The summed E-state index contributed by atoms with van der Waals surface area (Å²) in [6.07, 6.45) is 7.50. The number of hydrogen-bond donors (Lipinski definition) is 2. The third-order valence-corrected chi connectivity index (χ3v) is 8.02. The summed E-state index contributed by atoms with van der Waals surface area (Å²) in [6.45, 7) is 1.10. The molecule has 2 aromatic carbocycles. The number of rotatable bonds is 7. The van der Waals surface area contributed by atoms with E-state index in [1.54, 1.807) is 27.7 Å². The van der Waals surface area contributed by atoms with Crippen LogP contribution in [0.3, 0.4) is 0 Å². The molecule has 0 atom stereocenters. The van der Waals surface area contributed by atoms with Crippen molar-refractivity contribution >= 4 is 28.4 Å². The SMILES string of the molecule is O=C(C1CC1)N1CCC(O)(Cn2cnc3c(cnn3-c3ccc(Nc4ccn(-c5ccc(F)cc5)n4)cc3)c2=O)CC1. The third-order valence-electron chi connectivity index (χ3n) is 8.02. The van der Waals surface area contributed by atoms with E-state index >= 15 is 0 Å². The van der Waals surface area contributed by atoms with Gasteiger partial charge >= 0.3 is 0 Å². The highest BCUT2D eigenvalue weighted by atomic mass is 19.1. The molecule has 1 aliphatic carbocycles. The number of nitrogens with one attached hydrogen (secondary N) is 1. The van der Waals surface area contributed by atoms with Crippen LogP contribution >= 0.6 is 0 Å². The number of carbonyl (C=O) groups is 1. The first-order chi connectivity index (χ1) is 20.3. The number of hydrogen-bond acceptors (Lipinski definition) is 7. The molecule has 12 heteroatoms. The smallest absolute Gasteiger partial charge is 0.264 e. The number of benzene rings is 2. The second-order valence-electron chi connectivity index (χ2n) is 11.1. The Morgan fingerprint density at radius 2 is 1.74 bits per heavy atom. The number of piperidine rings is 1. The molecule has 0 unspecified atom stereocenters. The zero-order valence-electron chi connectivity index (χ0n) is 22.7. The Kier molecular flexibility index (Phi) is 6.34. The minimum absolute atomic E-state index is 0.114. The number of amides is 1. The van der Waals surface area contributed by atoms with Crippen LogP contribution in [0.15, 0.2) is 78.1 Å². The van der Waals surface area contributed by atoms with Crippen LogP contribution < -0.4 is 10.9 Å². The zero-order chi connectivity index (χ0) is 28.8. The summed E-state index contributed by atoms with van der Waals surface area (Å²) in [7, 11) is 0. The minimum Gasteiger partial charge on any atom is -0.388 e. The predicted molar refractivity (Wildman–Crippen MR) is 153 cm³/mol. The summed E-state index contributed by atoms with van der Waals surface area (Å²) < 4.78 is 17.9. The minimum atomic E-state index is -1.08. The van der Waals surface area contributed by atoms with Crippen LogP contribution in [0, 0.1) is 11.7 Å². The average molecular weight is 569 g/mol. The van der Waals surface area contributed by atoms with E-state index in [-0.39, 0.29) is 29.7 Å². The monoisotopic (exact) mass is 568 g/mol. The van der Waals surface area contributed by atoms with Gasteiger partial charge in [-0.15, -0.1) is 0 Å². The first-order valence-electron chi connectivity index (χ1n) is 14.0. The van der Waals surface area contributed by atoms with Crippen molar-refractivity contribution in [3.63, 3.8) is 0 Å². The maximum absolute atomic E-state index is 13.3. The van der Waals surface area contributed by atoms with E-state index in [1.165, 1.54) is 29.2 Å². The fourth-order valence-electron chi connectivity index (χ4n) is 5.42. The number of carbonyl (C=O) groups excluding carboxylic acids is 1. The maximum Gasteiger partial charge on any atom is 0.264 e. The van der Waals surface area contributed by atoms with E-state index in [1.807, 2.05) is 35.2 Å². The molecule has 2 fully saturated rings.